The zero-order chi connectivity index (χ0) is 13.8. The molecule has 1 rings (SSSR count). The summed E-state index contributed by atoms with van der Waals surface area (Å²) < 4.78 is 39.4. The van der Waals surface area contributed by atoms with E-state index in [4.69, 9.17) is 5.73 Å². The fourth-order valence-corrected chi connectivity index (χ4v) is 3.43. The van der Waals surface area contributed by atoms with Gasteiger partial charge in [0, 0.05) is 6.04 Å². The molecule has 0 saturated carbocycles. The van der Waals surface area contributed by atoms with Crippen LogP contribution in [0.1, 0.15) is 13.3 Å². The maximum absolute atomic E-state index is 12.9. The van der Waals surface area contributed by atoms with E-state index in [1.165, 1.54) is 6.07 Å². The highest BCUT2D eigenvalue weighted by molar-refractivity contribution is 7.98. The quantitative estimate of drug-likeness (QED) is 0.785. The Morgan fingerprint density at radius 1 is 1.50 bits per heavy atom. The molecule has 0 aliphatic carbocycles. The Bertz CT molecular complexity index is 506. The van der Waals surface area contributed by atoms with Crippen LogP contribution in [0.2, 0.25) is 0 Å². The summed E-state index contributed by atoms with van der Waals surface area (Å²) in [5.41, 5.74) is 5.44. The minimum atomic E-state index is -3.69. The molecule has 1 aromatic carbocycles. The number of halogens is 1. The fraction of sp³-hybridized carbons (Fsp3) is 0.455. The van der Waals surface area contributed by atoms with Crippen LogP contribution in [0.15, 0.2) is 23.1 Å². The van der Waals surface area contributed by atoms with Crippen LogP contribution in [0.3, 0.4) is 0 Å². The van der Waals surface area contributed by atoms with E-state index in [-0.39, 0.29) is 16.6 Å². The second-order valence-electron chi connectivity index (χ2n) is 3.99. The van der Waals surface area contributed by atoms with Gasteiger partial charge >= 0.3 is 0 Å². The predicted molar refractivity (Wildman–Crippen MR) is 73.6 cm³/mol. The highest BCUT2D eigenvalue weighted by atomic mass is 32.2. The van der Waals surface area contributed by atoms with E-state index in [1.807, 2.05) is 6.26 Å². The van der Waals surface area contributed by atoms with Gasteiger partial charge < -0.3 is 5.73 Å². The third-order valence-electron chi connectivity index (χ3n) is 2.37. The Hall–Kier alpha value is -0.790. The van der Waals surface area contributed by atoms with Crippen molar-refractivity contribution in [3.63, 3.8) is 0 Å². The number of nitrogen functional groups attached to an aromatic ring is 1. The number of nitrogens with two attached hydrogens (primary N) is 1. The van der Waals surface area contributed by atoms with E-state index < -0.39 is 15.8 Å². The van der Waals surface area contributed by atoms with E-state index in [9.17, 15) is 12.8 Å². The second kappa shape index (κ2) is 6.40. The number of anilines is 1. The molecule has 0 heterocycles. The first-order valence-corrected chi connectivity index (χ1v) is 8.31. The molecule has 0 aliphatic heterocycles. The van der Waals surface area contributed by atoms with Crippen molar-refractivity contribution in [3.05, 3.63) is 24.0 Å². The Balaban J connectivity index is 2.86. The van der Waals surface area contributed by atoms with Gasteiger partial charge in [0.2, 0.25) is 10.0 Å². The zero-order valence-corrected chi connectivity index (χ0v) is 11.9. The molecule has 3 N–H and O–H groups in total. The van der Waals surface area contributed by atoms with E-state index >= 15 is 0 Å². The molecule has 0 aromatic heterocycles. The number of benzene rings is 1. The highest BCUT2D eigenvalue weighted by Crippen LogP contribution is 2.19. The first-order valence-electron chi connectivity index (χ1n) is 5.43. The molecule has 0 spiro atoms. The summed E-state index contributed by atoms with van der Waals surface area (Å²) in [6.07, 6.45) is 2.68. The van der Waals surface area contributed by atoms with Crippen molar-refractivity contribution >= 4 is 27.5 Å². The zero-order valence-electron chi connectivity index (χ0n) is 10.3. The van der Waals surface area contributed by atoms with Gasteiger partial charge in [-0.3, -0.25) is 0 Å². The van der Waals surface area contributed by atoms with Crippen LogP contribution in [0.25, 0.3) is 0 Å². The number of nitrogens with one attached hydrogen (secondary N) is 1. The fourth-order valence-electron chi connectivity index (χ4n) is 1.45. The summed E-state index contributed by atoms with van der Waals surface area (Å²) >= 11 is 1.65. The SMILES string of the molecule is CSCCC(C)NS(=O)(=O)c1ccc(F)cc1N. The lowest BCUT2D eigenvalue weighted by Gasteiger charge is -2.14. The van der Waals surface area contributed by atoms with E-state index in [1.54, 1.807) is 18.7 Å². The maximum Gasteiger partial charge on any atom is 0.242 e. The molecule has 102 valence electrons. The van der Waals surface area contributed by atoms with Crippen LogP contribution in [0.5, 0.6) is 0 Å². The Labute approximate surface area is 111 Å². The molecule has 1 aromatic rings. The number of sulfonamides is 1. The van der Waals surface area contributed by atoms with Crippen molar-refractivity contribution in [3.8, 4) is 0 Å². The van der Waals surface area contributed by atoms with Crippen LogP contribution in [-0.4, -0.2) is 26.5 Å². The number of hydrogen-bond donors (Lipinski definition) is 2. The van der Waals surface area contributed by atoms with E-state index in [2.05, 4.69) is 4.72 Å². The van der Waals surface area contributed by atoms with Gasteiger partial charge in [-0.05, 0) is 43.6 Å². The second-order valence-corrected chi connectivity index (χ2v) is 6.65. The van der Waals surface area contributed by atoms with Crippen LogP contribution in [0, 0.1) is 5.82 Å². The molecule has 0 bridgehead atoms. The number of rotatable bonds is 6. The summed E-state index contributed by atoms with van der Waals surface area (Å²) in [4.78, 5) is -0.0834. The minimum Gasteiger partial charge on any atom is -0.398 e. The molecule has 0 radical (unpaired) electrons. The average molecular weight is 292 g/mol. The molecule has 4 nitrogen and oxygen atoms in total. The Morgan fingerprint density at radius 3 is 2.72 bits per heavy atom. The standard InChI is InChI=1S/C11H17FN2O2S2/c1-8(5-6-17-2)14-18(15,16)11-4-3-9(12)7-10(11)13/h3-4,7-8,14H,5-6,13H2,1-2H3. The minimum absolute atomic E-state index is 0.0834. The van der Waals surface area contributed by atoms with Gasteiger partial charge in [0.25, 0.3) is 0 Å². The van der Waals surface area contributed by atoms with E-state index in [0.717, 1.165) is 24.3 Å². The van der Waals surface area contributed by atoms with Crippen molar-refractivity contribution < 1.29 is 12.8 Å². The van der Waals surface area contributed by atoms with Crippen LogP contribution in [-0.2, 0) is 10.0 Å². The molecule has 18 heavy (non-hydrogen) atoms. The van der Waals surface area contributed by atoms with Crippen molar-refractivity contribution in [2.75, 3.05) is 17.7 Å². The molecular formula is C11H17FN2O2S2. The first kappa shape index (κ1) is 15.3. The molecular weight excluding hydrogens is 275 g/mol. The Morgan fingerprint density at radius 2 is 2.17 bits per heavy atom. The van der Waals surface area contributed by atoms with Gasteiger partial charge in [-0.1, -0.05) is 0 Å². The van der Waals surface area contributed by atoms with Crippen LogP contribution >= 0.6 is 11.8 Å². The molecule has 0 aliphatic rings. The summed E-state index contributed by atoms with van der Waals surface area (Å²) in [5, 5.41) is 0. The van der Waals surface area contributed by atoms with Crippen molar-refractivity contribution in [2.24, 2.45) is 0 Å². The molecule has 1 atom stereocenters. The Kier molecular flexibility index (Phi) is 5.43. The first-order chi connectivity index (χ1) is 8.36. The van der Waals surface area contributed by atoms with E-state index in [0.29, 0.717) is 0 Å². The summed E-state index contributed by atoms with van der Waals surface area (Å²) in [7, 11) is -3.69. The largest absolute Gasteiger partial charge is 0.398 e. The normalized spacial score (nSPS) is 13.5. The lowest BCUT2D eigenvalue weighted by Crippen LogP contribution is -2.33. The molecule has 0 saturated heterocycles. The monoisotopic (exact) mass is 292 g/mol. The maximum atomic E-state index is 12.9. The predicted octanol–water partition coefficient (Wildman–Crippen LogP) is 1.83. The third kappa shape index (κ3) is 4.15. The smallest absolute Gasteiger partial charge is 0.242 e. The number of hydrogen-bond acceptors (Lipinski definition) is 4. The molecule has 7 heteroatoms. The average Bonchev–Trinajstić information content (AvgIpc) is 2.25. The molecule has 0 fully saturated rings. The summed E-state index contributed by atoms with van der Waals surface area (Å²) in [5.74, 6) is 0.310. The van der Waals surface area contributed by atoms with Gasteiger partial charge in [0.1, 0.15) is 10.7 Å². The van der Waals surface area contributed by atoms with Gasteiger partial charge in [-0.25, -0.2) is 17.5 Å². The van der Waals surface area contributed by atoms with Crippen molar-refractivity contribution in [1.29, 1.82) is 0 Å². The van der Waals surface area contributed by atoms with Crippen LogP contribution in [0.4, 0.5) is 10.1 Å². The topological polar surface area (TPSA) is 72.2 Å². The van der Waals surface area contributed by atoms with Gasteiger partial charge in [-0.2, -0.15) is 11.8 Å². The third-order valence-corrected chi connectivity index (χ3v) is 4.68. The van der Waals surface area contributed by atoms with Crippen molar-refractivity contribution in [2.45, 2.75) is 24.3 Å². The van der Waals surface area contributed by atoms with Gasteiger partial charge in [0.15, 0.2) is 0 Å². The lowest BCUT2D eigenvalue weighted by atomic mass is 10.3. The highest BCUT2D eigenvalue weighted by Gasteiger charge is 2.20. The van der Waals surface area contributed by atoms with Crippen molar-refractivity contribution in [1.82, 2.24) is 4.72 Å². The summed E-state index contributed by atoms with van der Waals surface area (Å²) in [6, 6.07) is 3.07. The van der Waals surface area contributed by atoms with Gasteiger partial charge in [-0.15, -0.1) is 0 Å². The lowest BCUT2D eigenvalue weighted by molar-refractivity contribution is 0.557. The molecule has 1 unspecified atom stereocenters. The van der Waals surface area contributed by atoms with Gasteiger partial charge in [0.05, 0.1) is 5.69 Å². The van der Waals surface area contributed by atoms with Crippen LogP contribution < -0.4 is 10.5 Å². The number of thioether (sulfide) groups is 1. The molecule has 0 amide bonds. The summed E-state index contributed by atoms with van der Waals surface area (Å²) in [6.45, 7) is 1.79.